The molecule has 118 valence electrons. The average molecular weight is 274 g/mol. The van der Waals surface area contributed by atoms with Crippen LogP contribution in [0, 0.1) is 0 Å². The number of rotatable bonds is 12. The van der Waals surface area contributed by atoms with Crippen LogP contribution in [0.15, 0.2) is 0 Å². The summed E-state index contributed by atoms with van der Waals surface area (Å²) in [6, 6.07) is 0. The minimum atomic E-state index is -0.0472. The van der Waals surface area contributed by atoms with E-state index in [4.69, 9.17) is 0 Å². The predicted octanol–water partition coefficient (Wildman–Crippen LogP) is 4.90. The van der Waals surface area contributed by atoms with Crippen molar-refractivity contribution in [3.8, 4) is 0 Å². The maximum Gasteiger partial charge on any atom is 0.0537 e. The van der Waals surface area contributed by atoms with Crippen molar-refractivity contribution in [3.05, 3.63) is 0 Å². The maximum absolute atomic E-state index is 9.38. The van der Waals surface area contributed by atoms with Gasteiger partial charge in [0.15, 0.2) is 0 Å². The van der Waals surface area contributed by atoms with Gasteiger partial charge in [0.25, 0.3) is 0 Å². The van der Waals surface area contributed by atoms with E-state index >= 15 is 0 Å². The summed E-state index contributed by atoms with van der Waals surface area (Å²) >= 11 is 0. The molecule has 0 bridgehead atoms. The second-order valence-corrected chi connectivity index (χ2v) is 5.53. The Morgan fingerprint density at radius 3 is 1.47 bits per heavy atom. The highest BCUT2D eigenvalue weighted by Crippen LogP contribution is 2.12. The monoisotopic (exact) mass is 273 g/mol. The number of hydrogen-bond donors (Lipinski definition) is 2. The molecule has 0 saturated heterocycles. The Morgan fingerprint density at radius 1 is 0.737 bits per heavy atom. The molecule has 0 aliphatic carbocycles. The van der Waals surface area contributed by atoms with E-state index in [1.54, 1.807) is 0 Å². The zero-order valence-electron chi connectivity index (χ0n) is 14.0. The fourth-order valence-corrected chi connectivity index (χ4v) is 2.07. The SMILES string of the molecule is CCCCCCCCCCCCC(O)CC.CNC. The quantitative estimate of drug-likeness (QED) is 0.495. The van der Waals surface area contributed by atoms with Crippen molar-refractivity contribution in [2.45, 2.75) is 97.0 Å². The van der Waals surface area contributed by atoms with Crippen LogP contribution in [0.4, 0.5) is 0 Å². The van der Waals surface area contributed by atoms with E-state index in [1.165, 1.54) is 64.2 Å². The number of aliphatic hydroxyl groups excluding tert-OH is 1. The normalized spacial score (nSPS) is 11.8. The van der Waals surface area contributed by atoms with Gasteiger partial charge in [-0.25, -0.2) is 0 Å². The molecular formula is C17H39NO. The highest BCUT2D eigenvalue weighted by molar-refractivity contribution is 4.53. The lowest BCUT2D eigenvalue weighted by Crippen LogP contribution is -2.03. The lowest BCUT2D eigenvalue weighted by atomic mass is 10.0. The van der Waals surface area contributed by atoms with Crippen molar-refractivity contribution in [2.75, 3.05) is 14.1 Å². The molecule has 0 aromatic carbocycles. The van der Waals surface area contributed by atoms with E-state index in [0.29, 0.717) is 0 Å². The molecule has 2 N–H and O–H groups in total. The molecule has 0 fully saturated rings. The van der Waals surface area contributed by atoms with Crippen LogP contribution in [-0.4, -0.2) is 25.3 Å². The van der Waals surface area contributed by atoms with Crippen LogP contribution in [0.3, 0.4) is 0 Å². The smallest absolute Gasteiger partial charge is 0.0537 e. The topological polar surface area (TPSA) is 32.3 Å². The van der Waals surface area contributed by atoms with Crippen LogP contribution in [0.25, 0.3) is 0 Å². The molecule has 2 heteroatoms. The van der Waals surface area contributed by atoms with Gasteiger partial charge >= 0.3 is 0 Å². The molecule has 0 aliphatic rings. The molecule has 0 aromatic heterocycles. The highest BCUT2D eigenvalue weighted by atomic mass is 16.3. The third kappa shape index (κ3) is 23.4. The zero-order valence-corrected chi connectivity index (χ0v) is 14.0. The van der Waals surface area contributed by atoms with Gasteiger partial charge in [0.05, 0.1) is 6.10 Å². The van der Waals surface area contributed by atoms with Crippen LogP contribution in [0.2, 0.25) is 0 Å². The van der Waals surface area contributed by atoms with Crippen molar-refractivity contribution in [2.24, 2.45) is 0 Å². The minimum Gasteiger partial charge on any atom is -0.393 e. The molecule has 0 amide bonds. The van der Waals surface area contributed by atoms with Gasteiger partial charge in [0, 0.05) is 0 Å². The lowest BCUT2D eigenvalue weighted by Gasteiger charge is -2.06. The molecule has 0 rings (SSSR count). The molecule has 19 heavy (non-hydrogen) atoms. The molecule has 0 saturated carbocycles. The summed E-state index contributed by atoms with van der Waals surface area (Å²) in [4.78, 5) is 0. The fourth-order valence-electron chi connectivity index (χ4n) is 2.07. The first-order chi connectivity index (χ1) is 9.22. The number of aliphatic hydroxyl groups is 1. The van der Waals surface area contributed by atoms with Gasteiger partial charge in [-0.3, -0.25) is 0 Å². The molecule has 0 aliphatic heterocycles. The van der Waals surface area contributed by atoms with Crippen molar-refractivity contribution < 1.29 is 5.11 Å². The summed E-state index contributed by atoms with van der Waals surface area (Å²) in [7, 11) is 3.75. The zero-order chi connectivity index (χ0) is 14.8. The Labute approximate surface area is 122 Å². The highest BCUT2D eigenvalue weighted by Gasteiger charge is 1.99. The molecule has 2 nitrogen and oxygen atoms in total. The summed E-state index contributed by atoms with van der Waals surface area (Å²) < 4.78 is 0. The van der Waals surface area contributed by atoms with Crippen LogP contribution in [-0.2, 0) is 0 Å². The van der Waals surface area contributed by atoms with Gasteiger partial charge in [0.2, 0.25) is 0 Å². The Balaban J connectivity index is 0. The van der Waals surface area contributed by atoms with Crippen LogP contribution in [0.1, 0.15) is 90.9 Å². The van der Waals surface area contributed by atoms with Crippen molar-refractivity contribution in [1.29, 1.82) is 0 Å². The lowest BCUT2D eigenvalue weighted by molar-refractivity contribution is 0.156. The van der Waals surface area contributed by atoms with Crippen LogP contribution < -0.4 is 5.32 Å². The largest absolute Gasteiger partial charge is 0.393 e. The maximum atomic E-state index is 9.38. The molecule has 1 atom stereocenters. The van der Waals surface area contributed by atoms with Crippen LogP contribution in [0.5, 0.6) is 0 Å². The summed E-state index contributed by atoms with van der Waals surface area (Å²) in [5.41, 5.74) is 0. The van der Waals surface area contributed by atoms with E-state index in [1.807, 2.05) is 14.1 Å². The van der Waals surface area contributed by atoms with Crippen molar-refractivity contribution in [1.82, 2.24) is 5.32 Å². The molecule has 0 radical (unpaired) electrons. The Morgan fingerprint density at radius 2 is 1.11 bits per heavy atom. The van der Waals surface area contributed by atoms with E-state index < -0.39 is 0 Å². The summed E-state index contributed by atoms with van der Waals surface area (Å²) in [6.07, 6.45) is 15.6. The Kier molecular flexibility index (Phi) is 22.6. The van der Waals surface area contributed by atoms with Gasteiger partial charge in [0.1, 0.15) is 0 Å². The van der Waals surface area contributed by atoms with Gasteiger partial charge < -0.3 is 10.4 Å². The predicted molar refractivity (Wildman–Crippen MR) is 87.7 cm³/mol. The first kappa shape index (κ1) is 21.2. The summed E-state index contributed by atoms with van der Waals surface area (Å²) in [5, 5.41) is 12.1. The van der Waals surface area contributed by atoms with E-state index in [2.05, 4.69) is 19.2 Å². The average Bonchev–Trinajstić information content (AvgIpc) is 2.41. The number of unbranched alkanes of at least 4 members (excludes halogenated alkanes) is 9. The molecule has 0 spiro atoms. The van der Waals surface area contributed by atoms with E-state index in [0.717, 1.165) is 12.8 Å². The summed E-state index contributed by atoms with van der Waals surface area (Å²) in [6.45, 7) is 4.33. The van der Waals surface area contributed by atoms with Crippen molar-refractivity contribution in [3.63, 3.8) is 0 Å². The molecular weight excluding hydrogens is 234 g/mol. The summed E-state index contributed by atoms with van der Waals surface area (Å²) in [5.74, 6) is 0. The van der Waals surface area contributed by atoms with E-state index in [9.17, 15) is 5.11 Å². The first-order valence-electron chi connectivity index (χ1n) is 8.49. The molecule has 1 unspecified atom stereocenters. The molecule has 0 heterocycles. The second-order valence-electron chi connectivity index (χ2n) is 5.53. The van der Waals surface area contributed by atoms with Gasteiger partial charge in [-0.1, -0.05) is 78.1 Å². The Hall–Kier alpha value is -0.0800. The third-order valence-corrected chi connectivity index (χ3v) is 3.36. The van der Waals surface area contributed by atoms with Crippen molar-refractivity contribution >= 4 is 0 Å². The minimum absolute atomic E-state index is 0.0472. The van der Waals surface area contributed by atoms with Gasteiger partial charge in [-0.15, -0.1) is 0 Å². The third-order valence-electron chi connectivity index (χ3n) is 3.36. The fraction of sp³-hybridized carbons (Fsp3) is 1.00. The Bertz CT molecular complexity index is 139. The number of hydrogen-bond acceptors (Lipinski definition) is 2. The number of nitrogens with one attached hydrogen (secondary N) is 1. The molecule has 0 aromatic rings. The second kappa shape index (κ2) is 20.2. The first-order valence-corrected chi connectivity index (χ1v) is 8.49. The standard InChI is InChI=1S/C15H32O.C2H7N/c1-3-5-6-7-8-9-10-11-12-13-14-15(16)4-2;1-3-2/h15-16H,3-14H2,1-2H3;3H,1-2H3. The van der Waals surface area contributed by atoms with Crippen LogP contribution >= 0.6 is 0 Å². The van der Waals surface area contributed by atoms with E-state index in [-0.39, 0.29) is 6.10 Å². The van der Waals surface area contributed by atoms with Gasteiger partial charge in [-0.05, 0) is 26.9 Å². The van der Waals surface area contributed by atoms with Gasteiger partial charge in [-0.2, -0.15) is 0 Å².